The van der Waals surface area contributed by atoms with E-state index in [9.17, 15) is 19.8 Å². The molecule has 0 aromatic heterocycles. The van der Waals surface area contributed by atoms with Crippen LogP contribution in [-0.4, -0.2) is 46.9 Å². The van der Waals surface area contributed by atoms with Gasteiger partial charge in [0.25, 0.3) is 0 Å². The Morgan fingerprint density at radius 1 is 0.556 bits per heavy atom. The summed E-state index contributed by atoms with van der Waals surface area (Å²) in [4.78, 5) is 25.9. The molecule has 3 N–H and O–H groups in total. The molecule has 0 spiro atoms. The summed E-state index contributed by atoms with van der Waals surface area (Å²) in [5.74, 6) is -0.631. The molecule has 3 atom stereocenters. The van der Waals surface area contributed by atoms with Crippen LogP contribution in [0.3, 0.4) is 0 Å². The minimum atomic E-state index is -0.816. The second kappa shape index (κ2) is 41.7. The molecule has 0 bridgehead atoms. The summed E-state index contributed by atoms with van der Waals surface area (Å²) in [6.45, 7) is 6.29. The van der Waals surface area contributed by atoms with E-state index in [2.05, 4.69) is 74.7 Å². The number of unbranched alkanes of at least 4 members (excludes halogenated alkanes) is 19. The van der Waals surface area contributed by atoms with Crippen molar-refractivity contribution in [3.63, 3.8) is 0 Å². The minimum Gasteiger partial charge on any atom is -0.458 e. The molecule has 312 valence electrons. The van der Waals surface area contributed by atoms with Crippen molar-refractivity contribution in [1.82, 2.24) is 5.32 Å². The van der Waals surface area contributed by atoms with Gasteiger partial charge >= 0.3 is 5.97 Å². The summed E-state index contributed by atoms with van der Waals surface area (Å²) in [6.07, 6.45) is 50.3. The zero-order chi connectivity index (χ0) is 39.6. The van der Waals surface area contributed by atoms with Crippen molar-refractivity contribution in [1.29, 1.82) is 0 Å². The molecule has 0 heterocycles. The molecule has 0 saturated carbocycles. The fourth-order valence-corrected chi connectivity index (χ4v) is 6.45. The summed E-state index contributed by atoms with van der Waals surface area (Å²) in [5, 5.41) is 23.5. The van der Waals surface area contributed by atoms with Crippen LogP contribution in [0.15, 0.2) is 60.8 Å². The number of hydrogen-bond donors (Lipinski definition) is 3. The first-order valence-electron chi connectivity index (χ1n) is 22.5. The summed E-state index contributed by atoms with van der Waals surface area (Å²) in [5.41, 5.74) is 0. The van der Waals surface area contributed by atoms with Crippen LogP contribution in [0.1, 0.15) is 207 Å². The molecule has 0 aliphatic carbocycles. The van der Waals surface area contributed by atoms with Crippen molar-refractivity contribution in [3.8, 4) is 0 Å². The number of allylic oxidation sites excluding steroid dienone is 9. The van der Waals surface area contributed by atoms with E-state index >= 15 is 0 Å². The average Bonchev–Trinajstić information content (AvgIpc) is 3.16. The Bertz CT molecular complexity index is 984. The van der Waals surface area contributed by atoms with E-state index in [-0.39, 0.29) is 24.9 Å². The number of rotatable bonds is 39. The number of carbonyl (C=O) groups excluding carboxylic acids is 2. The Morgan fingerprint density at radius 3 is 1.41 bits per heavy atom. The highest BCUT2D eigenvalue weighted by Crippen LogP contribution is 2.15. The van der Waals surface area contributed by atoms with Crippen molar-refractivity contribution >= 4 is 11.9 Å². The molecule has 0 aliphatic heterocycles. The first-order chi connectivity index (χ1) is 26.5. The highest BCUT2D eigenvalue weighted by Gasteiger charge is 2.23. The number of esters is 1. The zero-order valence-corrected chi connectivity index (χ0v) is 35.3. The van der Waals surface area contributed by atoms with Gasteiger partial charge in [-0.1, -0.05) is 204 Å². The third-order valence-corrected chi connectivity index (χ3v) is 9.86. The third kappa shape index (κ3) is 36.5. The van der Waals surface area contributed by atoms with Gasteiger partial charge in [0.05, 0.1) is 25.2 Å². The van der Waals surface area contributed by atoms with Gasteiger partial charge in [0, 0.05) is 6.42 Å². The first kappa shape index (κ1) is 51.6. The molecular weight excluding hydrogens is 671 g/mol. The maximum absolute atomic E-state index is 13.1. The fraction of sp³-hybridized carbons (Fsp3) is 0.750. The molecule has 0 saturated heterocycles. The van der Waals surface area contributed by atoms with Gasteiger partial charge in [0.15, 0.2) is 0 Å². The fourth-order valence-electron chi connectivity index (χ4n) is 6.45. The lowest BCUT2D eigenvalue weighted by Crippen LogP contribution is -2.46. The van der Waals surface area contributed by atoms with Gasteiger partial charge in [-0.25, -0.2) is 0 Å². The molecule has 6 heteroatoms. The van der Waals surface area contributed by atoms with Crippen LogP contribution in [0.4, 0.5) is 0 Å². The predicted molar refractivity (Wildman–Crippen MR) is 232 cm³/mol. The number of aliphatic hydroxyl groups excluding tert-OH is 2. The Hall–Kier alpha value is -2.44. The highest BCUT2D eigenvalue weighted by atomic mass is 16.5. The summed E-state index contributed by atoms with van der Waals surface area (Å²) in [6, 6.07) is -0.739. The second-order valence-electron chi connectivity index (χ2n) is 15.1. The lowest BCUT2D eigenvalue weighted by atomic mass is 10.0. The smallest absolute Gasteiger partial charge is 0.306 e. The quantitative estimate of drug-likeness (QED) is 0.0330. The summed E-state index contributed by atoms with van der Waals surface area (Å²) in [7, 11) is 0. The van der Waals surface area contributed by atoms with Crippen LogP contribution in [0.5, 0.6) is 0 Å². The van der Waals surface area contributed by atoms with Gasteiger partial charge in [-0.05, 0) is 51.0 Å². The molecule has 54 heavy (non-hydrogen) atoms. The number of nitrogens with one attached hydrogen (secondary N) is 1. The number of carbonyl (C=O) groups is 2. The topological polar surface area (TPSA) is 95.9 Å². The monoisotopic (exact) mass is 756 g/mol. The number of aliphatic hydroxyl groups is 2. The Balaban J connectivity index is 4.79. The molecule has 0 aliphatic rings. The van der Waals surface area contributed by atoms with Crippen LogP contribution in [-0.2, 0) is 14.3 Å². The second-order valence-corrected chi connectivity index (χ2v) is 15.1. The number of hydrogen-bond acceptors (Lipinski definition) is 5. The van der Waals surface area contributed by atoms with E-state index in [1.165, 1.54) is 96.3 Å². The van der Waals surface area contributed by atoms with Crippen molar-refractivity contribution in [3.05, 3.63) is 60.8 Å². The highest BCUT2D eigenvalue weighted by molar-refractivity contribution is 5.78. The maximum atomic E-state index is 13.1. The normalized spacial score (nSPS) is 13.9. The minimum absolute atomic E-state index is 0.0455. The van der Waals surface area contributed by atoms with E-state index in [1.54, 1.807) is 6.08 Å². The van der Waals surface area contributed by atoms with E-state index in [0.29, 0.717) is 19.3 Å². The molecule has 1 amide bonds. The molecule has 0 aromatic carbocycles. The molecular formula is C48H85NO5. The lowest BCUT2D eigenvalue weighted by molar-refractivity contribution is -0.148. The van der Waals surface area contributed by atoms with Crippen molar-refractivity contribution in [2.75, 3.05) is 6.61 Å². The van der Waals surface area contributed by atoms with Gasteiger partial charge in [-0.15, -0.1) is 0 Å². The SMILES string of the molecule is CC/C=C/C/C=C/C/C=C/C/C=C/C/C=C/C(CC(=O)NC(CO)C(O)CCCCCCCCCCC)OC(=O)CCCCCCCCCCCCCC. The van der Waals surface area contributed by atoms with Gasteiger partial charge < -0.3 is 20.3 Å². The molecule has 0 aromatic rings. The molecule has 0 radical (unpaired) electrons. The van der Waals surface area contributed by atoms with Crippen LogP contribution in [0.25, 0.3) is 0 Å². The van der Waals surface area contributed by atoms with Gasteiger partial charge in [-0.3, -0.25) is 9.59 Å². The number of ether oxygens (including phenoxy) is 1. The van der Waals surface area contributed by atoms with E-state index < -0.39 is 18.2 Å². The van der Waals surface area contributed by atoms with Gasteiger partial charge in [0.1, 0.15) is 6.10 Å². The van der Waals surface area contributed by atoms with E-state index in [0.717, 1.165) is 64.2 Å². The largest absolute Gasteiger partial charge is 0.458 e. The van der Waals surface area contributed by atoms with Crippen molar-refractivity contribution < 1.29 is 24.5 Å². The van der Waals surface area contributed by atoms with E-state index in [1.807, 2.05) is 6.08 Å². The van der Waals surface area contributed by atoms with Crippen LogP contribution < -0.4 is 5.32 Å². The lowest BCUT2D eigenvalue weighted by Gasteiger charge is -2.23. The first-order valence-corrected chi connectivity index (χ1v) is 22.5. The van der Waals surface area contributed by atoms with E-state index in [4.69, 9.17) is 4.74 Å². The maximum Gasteiger partial charge on any atom is 0.306 e. The summed E-state index contributed by atoms with van der Waals surface area (Å²) >= 11 is 0. The Labute approximate surface area is 333 Å². The average molecular weight is 756 g/mol. The van der Waals surface area contributed by atoms with Crippen molar-refractivity contribution in [2.24, 2.45) is 0 Å². The summed E-state index contributed by atoms with van der Waals surface area (Å²) < 4.78 is 5.79. The van der Waals surface area contributed by atoms with Crippen LogP contribution in [0.2, 0.25) is 0 Å². The Kier molecular flexibility index (Phi) is 39.8. The van der Waals surface area contributed by atoms with Crippen molar-refractivity contribution in [2.45, 2.75) is 225 Å². The molecule has 0 fully saturated rings. The van der Waals surface area contributed by atoms with Gasteiger partial charge in [-0.2, -0.15) is 0 Å². The molecule has 3 unspecified atom stereocenters. The standard InChI is InChI=1S/C48H85NO5/c1-4-7-10-13-16-19-21-23-24-25-28-30-33-36-39-44(54-48(53)41-38-35-32-29-26-22-20-17-14-11-8-5-2)42-47(52)49-45(43-50)46(51)40-37-34-31-27-18-15-12-9-6-3/h7,10,16,19,23-24,28,30,36,39,44-46,50-51H,4-6,8-9,11-15,17-18,20-22,25-27,29,31-35,37-38,40-43H2,1-3H3,(H,49,52)/b10-7+,19-16+,24-23+,30-28+,39-36+. The van der Waals surface area contributed by atoms with Crippen LogP contribution >= 0.6 is 0 Å². The van der Waals surface area contributed by atoms with Crippen LogP contribution in [0, 0.1) is 0 Å². The Morgan fingerprint density at radius 2 is 0.963 bits per heavy atom. The number of amides is 1. The zero-order valence-electron chi connectivity index (χ0n) is 35.3. The third-order valence-electron chi connectivity index (χ3n) is 9.86. The van der Waals surface area contributed by atoms with Gasteiger partial charge in [0.2, 0.25) is 5.91 Å². The molecule has 0 rings (SSSR count). The predicted octanol–water partition coefficient (Wildman–Crippen LogP) is 12.9. The molecule has 6 nitrogen and oxygen atoms in total.